The van der Waals surface area contributed by atoms with E-state index in [1.807, 2.05) is 18.2 Å². The maximum absolute atomic E-state index is 8.84. The number of aryl methyl sites for hydroxylation is 1. The molecule has 0 atom stereocenters. The Morgan fingerprint density at radius 2 is 1.87 bits per heavy atom. The first-order valence-corrected chi connectivity index (χ1v) is 7.82. The molecule has 0 bridgehead atoms. The van der Waals surface area contributed by atoms with Crippen molar-refractivity contribution in [1.82, 2.24) is 5.32 Å². The molecule has 0 unspecified atom stereocenters. The van der Waals surface area contributed by atoms with Crippen LogP contribution in [0.25, 0.3) is 0 Å². The van der Waals surface area contributed by atoms with Crippen LogP contribution in [-0.2, 0) is 13.1 Å². The molecule has 2 N–H and O–H groups in total. The second-order valence-electron chi connectivity index (χ2n) is 5.52. The zero-order valence-corrected chi connectivity index (χ0v) is 14.1. The molecule has 0 aromatic heterocycles. The molecule has 2 aromatic carbocycles. The van der Waals surface area contributed by atoms with Crippen molar-refractivity contribution in [3.05, 3.63) is 58.7 Å². The number of nitrogens with one attached hydrogen (secondary N) is 1. The number of methoxy groups -OCH3 is 1. The molecule has 0 radical (unpaired) electrons. The topological polar surface area (TPSA) is 50.7 Å². The minimum atomic E-state index is -0.0116. The van der Waals surface area contributed by atoms with Crippen molar-refractivity contribution in [1.29, 1.82) is 0 Å². The second kappa shape index (κ2) is 8.56. The second-order valence-corrected chi connectivity index (χ2v) is 5.52. The van der Waals surface area contributed by atoms with Crippen molar-refractivity contribution in [2.45, 2.75) is 26.9 Å². The van der Waals surface area contributed by atoms with Crippen LogP contribution >= 0.6 is 0 Å². The van der Waals surface area contributed by atoms with E-state index in [1.54, 1.807) is 7.11 Å². The van der Waals surface area contributed by atoms with E-state index in [0.717, 1.165) is 18.7 Å². The third-order valence-electron chi connectivity index (χ3n) is 3.94. The van der Waals surface area contributed by atoms with E-state index < -0.39 is 0 Å². The van der Waals surface area contributed by atoms with Gasteiger partial charge in [0.05, 0.1) is 13.7 Å². The highest BCUT2D eigenvalue weighted by Gasteiger charge is 2.06. The summed E-state index contributed by atoms with van der Waals surface area (Å²) in [6.07, 6.45) is 0. The van der Waals surface area contributed by atoms with Gasteiger partial charge >= 0.3 is 0 Å². The summed E-state index contributed by atoms with van der Waals surface area (Å²) in [4.78, 5) is 0. The molecule has 4 heteroatoms. The lowest BCUT2D eigenvalue weighted by molar-refractivity contribution is 0.196. The van der Waals surface area contributed by atoms with Gasteiger partial charge in [-0.05, 0) is 48.2 Å². The molecule has 124 valence electrons. The Bertz CT molecular complexity index is 641. The van der Waals surface area contributed by atoms with Gasteiger partial charge in [0.25, 0.3) is 0 Å². The molecule has 0 aliphatic rings. The standard InChI is InChI=1S/C19H25NO3/c1-14-5-4-6-17(15(14)2)13-20-12-16-7-8-18(23-10-9-21)19(11-16)22-3/h4-8,11,20-21H,9-10,12-13H2,1-3H3. The zero-order valence-electron chi connectivity index (χ0n) is 14.1. The fraction of sp³-hybridized carbons (Fsp3) is 0.368. The van der Waals surface area contributed by atoms with Crippen molar-refractivity contribution < 1.29 is 14.6 Å². The maximum Gasteiger partial charge on any atom is 0.161 e. The van der Waals surface area contributed by atoms with E-state index in [9.17, 15) is 0 Å². The lowest BCUT2D eigenvalue weighted by Crippen LogP contribution is -2.14. The minimum absolute atomic E-state index is 0.0116. The van der Waals surface area contributed by atoms with Gasteiger partial charge in [-0.1, -0.05) is 24.3 Å². The predicted molar refractivity (Wildman–Crippen MR) is 92.0 cm³/mol. The van der Waals surface area contributed by atoms with E-state index in [2.05, 4.69) is 37.4 Å². The number of aliphatic hydroxyl groups excluding tert-OH is 1. The smallest absolute Gasteiger partial charge is 0.161 e. The number of hydrogen-bond acceptors (Lipinski definition) is 4. The quantitative estimate of drug-likeness (QED) is 0.786. The molecule has 0 saturated carbocycles. The van der Waals surface area contributed by atoms with Crippen LogP contribution in [0.2, 0.25) is 0 Å². The van der Waals surface area contributed by atoms with Crippen LogP contribution in [0.3, 0.4) is 0 Å². The monoisotopic (exact) mass is 315 g/mol. The number of benzene rings is 2. The minimum Gasteiger partial charge on any atom is -0.493 e. The summed E-state index contributed by atoms with van der Waals surface area (Å²) in [6.45, 7) is 6.13. The zero-order chi connectivity index (χ0) is 16.7. The van der Waals surface area contributed by atoms with E-state index >= 15 is 0 Å². The Kier molecular flexibility index (Phi) is 6.44. The molecular weight excluding hydrogens is 290 g/mol. The number of rotatable bonds is 8. The molecule has 4 nitrogen and oxygen atoms in total. The van der Waals surface area contributed by atoms with E-state index in [0.29, 0.717) is 11.5 Å². The fourth-order valence-corrected chi connectivity index (χ4v) is 2.44. The molecular formula is C19H25NO3. The summed E-state index contributed by atoms with van der Waals surface area (Å²) in [5.41, 5.74) is 5.10. The summed E-state index contributed by atoms with van der Waals surface area (Å²) in [5, 5.41) is 12.3. The molecule has 0 fully saturated rings. The van der Waals surface area contributed by atoms with Gasteiger partial charge in [-0.25, -0.2) is 0 Å². The van der Waals surface area contributed by atoms with Crippen LogP contribution < -0.4 is 14.8 Å². The average molecular weight is 315 g/mol. The SMILES string of the molecule is COc1cc(CNCc2cccc(C)c2C)ccc1OCCO. The van der Waals surface area contributed by atoms with Crippen LogP contribution in [-0.4, -0.2) is 25.4 Å². The third-order valence-corrected chi connectivity index (χ3v) is 3.94. The number of ether oxygens (including phenoxy) is 2. The first-order valence-electron chi connectivity index (χ1n) is 7.82. The summed E-state index contributed by atoms with van der Waals surface area (Å²) in [5.74, 6) is 1.34. The van der Waals surface area contributed by atoms with E-state index in [4.69, 9.17) is 14.6 Å². The fourth-order valence-electron chi connectivity index (χ4n) is 2.44. The van der Waals surface area contributed by atoms with Crippen LogP contribution in [0.5, 0.6) is 11.5 Å². The summed E-state index contributed by atoms with van der Waals surface area (Å²) in [7, 11) is 1.62. The highest BCUT2D eigenvalue weighted by molar-refractivity contribution is 5.43. The van der Waals surface area contributed by atoms with Crippen molar-refractivity contribution in [2.24, 2.45) is 0 Å². The molecule has 0 amide bonds. The van der Waals surface area contributed by atoms with Crippen molar-refractivity contribution in [3.8, 4) is 11.5 Å². The van der Waals surface area contributed by atoms with Gasteiger partial charge in [0.2, 0.25) is 0 Å². The lowest BCUT2D eigenvalue weighted by atomic mass is 10.0. The first-order chi connectivity index (χ1) is 11.2. The third kappa shape index (κ3) is 4.71. The molecule has 0 aliphatic carbocycles. The van der Waals surface area contributed by atoms with Crippen LogP contribution in [0.1, 0.15) is 22.3 Å². The molecule has 0 aliphatic heterocycles. The summed E-state index contributed by atoms with van der Waals surface area (Å²) >= 11 is 0. The Hall–Kier alpha value is -2.04. The largest absolute Gasteiger partial charge is 0.493 e. The Morgan fingerprint density at radius 3 is 2.61 bits per heavy atom. The first kappa shape index (κ1) is 17.3. The highest BCUT2D eigenvalue weighted by atomic mass is 16.5. The molecule has 2 rings (SSSR count). The van der Waals surface area contributed by atoms with Gasteiger partial charge < -0.3 is 19.9 Å². The summed E-state index contributed by atoms with van der Waals surface area (Å²) in [6, 6.07) is 12.2. The summed E-state index contributed by atoms with van der Waals surface area (Å²) < 4.78 is 10.8. The number of aliphatic hydroxyl groups is 1. The Balaban J connectivity index is 1.96. The molecule has 0 spiro atoms. The average Bonchev–Trinajstić information content (AvgIpc) is 2.57. The molecule has 2 aromatic rings. The van der Waals surface area contributed by atoms with Gasteiger partial charge in [0.15, 0.2) is 11.5 Å². The Morgan fingerprint density at radius 1 is 1.04 bits per heavy atom. The highest BCUT2D eigenvalue weighted by Crippen LogP contribution is 2.28. The van der Waals surface area contributed by atoms with Crippen LogP contribution in [0, 0.1) is 13.8 Å². The van der Waals surface area contributed by atoms with E-state index in [-0.39, 0.29) is 13.2 Å². The number of hydrogen-bond donors (Lipinski definition) is 2. The Labute approximate surface area is 138 Å². The van der Waals surface area contributed by atoms with Crippen LogP contribution in [0.15, 0.2) is 36.4 Å². The van der Waals surface area contributed by atoms with Gasteiger partial charge in [-0.2, -0.15) is 0 Å². The van der Waals surface area contributed by atoms with Crippen molar-refractivity contribution in [2.75, 3.05) is 20.3 Å². The van der Waals surface area contributed by atoms with Crippen molar-refractivity contribution >= 4 is 0 Å². The molecule has 0 saturated heterocycles. The predicted octanol–water partition coefficient (Wildman–Crippen LogP) is 2.97. The normalized spacial score (nSPS) is 10.6. The molecule has 0 heterocycles. The van der Waals surface area contributed by atoms with Gasteiger partial charge in [-0.3, -0.25) is 0 Å². The molecule has 23 heavy (non-hydrogen) atoms. The van der Waals surface area contributed by atoms with Crippen LogP contribution in [0.4, 0.5) is 0 Å². The van der Waals surface area contributed by atoms with Gasteiger partial charge in [-0.15, -0.1) is 0 Å². The van der Waals surface area contributed by atoms with Gasteiger partial charge in [0.1, 0.15) is 6.61 Å². The maximum atomic E-state index is 8.84. The van der Waals surface area contributed by atoms with Crippen molar-refractivity contribution in [3.63, 3.8) is 0 Å². The van der Waals surface area contributed by atoms with E-state index in [1.165, 1.54) is 16.7 Å². The lowest BCUT2D eigenvalue weighted by Gasteiger charge is -2.13. The van der Waals surface area contributed by atoms with Gasteiger partial charge in [0, 0.05) is 13.1 Å².